The lowest BCUT2D eigenvalue weighted by molar-refractivity contribution is -0.163. The van der Waals surface area contributed by atoms with Crippen LogP contribution in [0.4, 0.5) is 0 Å². The molecule has 0 radical (unpaired) electrons. The van der Waals surface area contributed by atoms with Gasteiger partial charge in [-0.1, -0.05) is 117 Å². The number of hydrogen-bond donors (Lipinski definition) is 0. The smallest absolute Gasteiger partial charge is 0.338 e. The zero-order valence-electron chi connectivity index (χ0n) is 28.0. The summed E-state index contributed by atoms with van der Waals surface area (Å²) in [5, 5.41) is 0. The third-order valence-electron chi connectivity index (χ3n) is 9.44. The molecule has 0 amide bonds. The molecule has 1 aliphatic heterocycles. The highest BCUT2D eigenvalue weighted by molar-refractivity contribution is 5.86. The average molecular weight is 639 g/mol. The van der Waals surface area contributed by atoms with Crippen molar-refractivity contribution in [3.05, 3.63) is 102 Å². The average Bonchev–Trinajstić information content (AvgIpc) is 3.57. The molecule has 0 aromatic heterocycles. The summed E-state index contributed by atoms with van der Waals surface area (Å²) in [6.45, 7) is 3.78. The van der Waals surface area contributed by atoms with Gasteiger partial charge < -0.3 is 18.9 Å². The molecule has 5 rings (SSSR count). The minimum atomic E-state index is -1.16. The summed E-state index contributed by atoms with van der Waals surface area (Å²) in [6.07, 6.45) is 14.5. The molecule has 250 valence electrons. The summed E-state index contributed by atoms with van der Waals surface area (Å²) >= 11 is 0. The Kier molecular flexibility index (Phi) is 13.2. The predicted molar refractivity (Wildman–Crippen MR) is 186 cm³/mol. The van der Waals surface area contributed by atoms with Crippen LogP contribution >= 0.6 is 0 Å². The van der Waals surface area contributed by atoms with Gasteiger partial charge in [0.05, 0.1) is 13.2 Å². The predicted octanol–water partition coefficient (Wildman–Crippen LogP) is 9.59. The first-order valence-electron chi connectivity index (χ1n) is 17.6. The number of benzene rings is 3. The molecule has 6 heteroatoms. The first-order valence-corrected chi connectivity index (χ1v) is 17.6. The quantitative estimate of drug-likeness (QED) is 0.122. The van der Waals surface area contributed by atoms with Crippen molar-refractivity contribution in [3.8, 4) is 11.1 Å². The van der Waals surface area contributed by atoms with E-state index in [1.165, 1.54) is 75.3 Å². The normalized spacial score (nSPS) is 21.6. The zero-order valence-corrected chi connectivity index (χ0v) is 28.0. The first-order chi connectivity index (χ1) is 23.1. The highest BCUT2D eigenvalue weighted by atomic mass is 16.8. The van der Waals surface area contributed by atoms with Gasteiger partial charge in [-0.2, -0.15) is 0 Å². The van der Waals surface area contributed by atoms with Crippen molar-refractivity contribution in [1.82, 2.24) is 0 Å². The molecule has 1 saturated heterocycles. The van der Waals surface area contributed by atoms with Crippen LogP contribution < -0.4 is 0 Å². The van der Waals surface area contributed by atoms with Crippen LogP contribution in [0, 0.1) is 5.92 Å². The van der Waals surface area contributed by atoms with Crippen LogP contribution in [0.1, 0.15) is 107 Å². The monoisotopic (exact) mass is 638 g/mol. The second-order valence-electron chi connectivity index (χ2n) is 12.7. The van der Waals surface area contributed by atoms with E-state index in [1.807, 2.05) is 24.3 Å². The van der Waals surface area contributed by atoms with E-state index in [2.05, 4.69) is 66.7 Å². The van der Waals surface area contributed by atoms with Crippen molar-refractivity contribution < 1.29 is 28.5 Å². The summed E-state index contributed by atoms with van der Waals surface area (Å²) in [5.74, 6) is 0.269. The van der Waals surface area contributed by atoms with Crippen LogP contribution in [-0.2, 0) is 28.5 Å². The van der Waals surface area contributed by atoms with Gasteiger partial charge in [-0.15, -0.1) is 0 Å². The highest BCUT2D eigenvalue weighted by Crippen LogP contribution is 2.39. The minimum Gasteiger partial charge on any atom is -0.464 e. The lowest BCUT2D eigenvalue weighted by atomic mass is 9.77. The van der Waals surface area contributed by atoms with Crippen molar-refractivity contribution in [1.29, 1.82) is 0 Å². The first kappa shape index (κ1) is 34.6. The fraction of sp³-hybridized carbons (Fsp3) is 0.463. The lowest BCUT2D eigenvalue weighted by Crippen LogP contribution is -2.39. The van der Waals surface area contributed by atoms with Gasteiger partial charge in [-0.25, -0.2) is 9.59 Å². The van der Waals surface area contributed by atoms with Crippen molar-refractivity contribution in [3.63, 3.8) is 0 Å². The van der Waals surface area contributed by atoms with E-state index in [9.17, 15) is 9.59 Å². The summed E-state index contributed by atoms with van der Waals surface area (Å²) in [5.41, 5.74) is 5.68. The molecule has 0 N–H and O–H groups in total. The topological polar surface area (TPSA) is 71.1 Å². The van der Waals surface area contributed by atoms with Gasteiger partial charge in [0, 0.05) is 5.56 Å². The molecule has 3 aromatic rings. The van der Waals surface area contributed by atoms with Crippen molar-refractivity contribution in [2.75, 3.05) is 13.2 Å². The second-order valence-corrected chi connectivity index (χ2v) is 12.7. The minimum absolute atomic E-state index is 0.183. The Morgan fingerprint density at radius 3 is 1.81 bits per heavy atom. The van der Waals surface area contributed by atoms with Crippen LogP contribution in [0.5, 0.6) is 0 Å². The van der Waals surface area contributed by atoms with Crippen LogP contribution in [0.15, 0.2) is 84.9 Å². The summed E-state index contributed by atoms with van der Waals surface area (Å²) < 4.78 is 21.9. The molecule has 2 fully saturated rings. The molecular formula is C41H50O6. The Morgan fingerprint density at radius 2 is 1.23 bits per heavy atom. The lowest BCUT2D eigenvalue weighted by Gasteiger charge is -2.29. The van der Waals surface area contributed by atoms with E-state index < -0.39 is 30.4 Å². The molecule has 0 unspecified atom stereocenters. The molecule has 2 atom stereocenters. The van der Waals surface area contributed by atoms with Crippen LogP contribution in [0.3, 0.4) is 0 Å². The molecule has 3 aromatic carbocycles. The van der Waals surface area contributed by atoms with Gasteiger partial charge in [-0.3, -0.25) is 0 Å². The fourth-order valence-corrected chi connectivity index (χ4v) is 6.80. The number of carbonyl (C=O) groups is 2. The van der Waals surface area contributed by atoms with E-state index in [0.717, 1.165) is 22.6 Å². The zero-order chi connectivity index (χ0) is 32.8. The Bertz CT molecular complexity index is 1380. The van der Waals surface area contributed by atoms with Gasteiger partial charge in [0.25, 0.3) is 0 Å². The molecule has 6 nitrogen and oxygen atoms in total. The number of carbonyl (C=O) groups excluding carboxylic acids is 2. The Balaban J connectivity index is 1.04. The SMILES string of the molecule is CCOC(=O)[C@@H]1OC(c2ccc(-c3ccc(C4CCC(CCCCCC/C=C/c5ccccc5)CC4)cc3)cc2)O[C@H]1C(=O)OCC. The maximum Gasteiger partial charge on any atom is 0.338 e. The van der Waals surface area contributed by atoms with Crippen molar-refractivity contribution >= 4 is 18.0 Å². The molecule has 1 heterocycles. The number of allylic oxidation sites excluding steroid dienone is 1. The number of unbranched alkanes of at least 4 members (excludes halogenated alkanes) is 4. The third kappa shape index (κ3) is 9.88. The van der Waals surface area contributed by atoms with Gasteiger partial charge >= 0.3 is 11.9 Å². The summed E-state index contributed by atoms with van der Waals surface area (Å²) in [7, 11) is 0. The molecule has 0 bridgehead atoms. The fourth-order valence-electron chi connectivity index (χ4n) is 6.80. The van der Waals surface area contributed by atoms with Crippen molar-refractivity contribution in [2.45, 2.75) is 102 Å². The molecule has 1 aliphatic carbocycles. The number of rotatable bonds is 15. The summed E-state index contributed by atoms with van der Waals surface area (Å²) in [6, 6.07) is 27.4. The van der Waals surface area contributed by atoms with Crippen molar-refractivity contribution in [2.24, 2.45) is 5.92 Å². The van der Waals surface area contributed by atoms with Crippen LogP contribution in [0.2, 0.25) is 0 Å². The standard InChI is InChI=1S/C41H50O6/c1-3-44-39(42)37-38(40(43)45-4-2)47-41(46-37)36-28-26-35(27-29-36)34-24-22-33(23-25-34)32-20-18-31(19-21-32)17-11-8-6-5-7-10-14-30-15-12-9-13-16-30/h9-10,12-16,22-29,31-32,37-38,41H,3-8,11,17-21H2,1-2H3/b14-10+/t31?,32?,37-,38-/m1/s1. The second kappa shape index (κ2) is 18.0. The van der Waals surface area contributed by atoms with Gasteiger partial charge in [0.15, 0.2) is 18.5 Å². The number of ether oxygens (including phenoxy) is 4. The Hall–Kier alpha value is -3.74. The molecule has 1 saturated carbocycles. The van der Waals surface area contributed by atoms with E-state index in [0.29, 0.717) is 5.92 Å². The Labute approximate surface area is 280 Å². The number of esters is 2. The maximum absolute atomic E-state index is 12.4. The van der Waals surface area contributed by atoms with Crippen LogP contribution in [-0.4, -0.2) is 37.4 Å². The highest BCUT2D eigenvalue weighted by Gasteiger charge is 2.47. The molecule has 2 aliphatic rings. The van der Waals surface area contributed by atoms with E-state index >= 15 is 0 Å². The van der Waals surface area contributed by atoms with Gasteiger partial charge in [0.2, 0.25) is 0 Å². The molecule has 0 spiro atoms. The molecule has 47 heavy (non-hydrogen) atoms. The van der Waals surface area contributed by atoms with E-state index in [1.54, 1.807) is 13.8 Å². The van der Waals surface area contributed by atoms with E-state index in [-0.39, 0.29) is 13.2 Å². The van der Waals surface area contributed by atoms with Crippen LogP contribution in [0.25, 0.3) is 17.2 Å². The van der Waals surface area contributed by atoms with Gasteiger partial charge in [0.1, 0.15) is 0 Å². The van der Waals surface area contributed by atoms with E-state index in [4.69, 9.17) is 18.9 Å². The van der Waals surface area contributed by atoms with Gasteiger partial charge in [-0.05, 0) is 86.5 Å². The number of hydrogen-bond acceptors (Lipinski definition) is 6. The third-order valence-corrected chi connectivity index (χ3v) is 9.44. The summed E-state index contributed by atoms with van der Waals surface area (Å²) in [4.78, 5) is 24.8. The molecular weight excluding hydrogens is 588 g/mol. The largest absolute Gasteiger partial charge is 0.464 e. The Morgan fingerprint density at radius 1 is 0.681 bits per heavy atom. The maximum atomic E-state index is 12.4.